The molecule has 0 spiro atoms. The van der Waals surface area contributed by atoms with Crippen molar-refractivity contribution < 1.29 is 4.79 Å². The lowest BCUT2D eigenvalue weighted by Gasteiger charge is -2.34. The summed E-state index contributed by atoms with van der Waals surface area (Å²) in [7, 11) is 0. The first-order valence-electron chi connectivity index (χ1n) is 10.2. The molecule has 4 rings (SSSR count). The molecule has 6 nitrogen and oxygen atoms in total. The minimum Gasteiger partial charge on any atom is -0.351 e. The van der Waals surface area contributed by atoms with Crippen molar-refractivity contribution in [3.8, 4) is 0 Å². The monoisotopic (exact) mass is 400 g/mol. The number of carbonyl (C=O) groups excluding carboxylic acids is 1. The summed E-state index contributed by atoms with van der Waals surface area (Å²) in [4.78, 5) is 26.9. The SMILES string of the molecule is CCc1nn(CC(=O)N[C@@H]2CCC[C@H](C)[C@H]2C)c(=O)c2cc3sc(C)cc3n12. The van der Waals surface area contributed by atoms with Gasteiger partial charge in [-0.1, -0.05) is 33.6 Å². The van der Waals surface area contributed by atoms with Crippen molar-refractivity contribution >= 4 is 33.0 Å². The molecule has 0 aromatic carbocycles. The molecule has 0 saturated heterocycles. The molecule has 1 saturated carbocycles. The van der Waals surface area contributed by atoms with Gasteiger partial charge >= 0.3 is 0 Å². The van der Waals surface area contributed by atoms with Gasteiger partial charge in [-0.15, -0.1) is 11.3 Å². The summed E-state index contributed by atoms with van der Waals surface area (Å²) in [6, 6.07) is 4.20. The van der Waals surface area contributed by atoms with Gasteiger partial charge in [0.2, 0.25) is 5.91 Å². The van der Waals surface area contributed by atoms with Crippen LogP contribution in [-0.4, -0.2) is 26.1 Å². The number of nitrogens with one attached hydrogen (secondary N) is 1. The summed E-state index contributed by atoms with van der Waals surface area (Å²) >= 11 is 1.67. The van der Waals surface area contributed by atoms with Crippen molar-refractivity contribution in [3.05, 3.63) is 33.2 Å². The number of amides is 1. The summed E-state index contributed by atoms with van der Waals surface area (Å²) in [5.41, 5.74) is 1.42. The zero-order valence-corrected chi connectivity index (χ0v) is 17.8. The number of carbonyl (C=O) groups is 1. The van der Waals surface area contributed by atoms with Crippen LogP contribution in [0.1, 0.15) is 50.7 Å². The van der Waals surface area contributed by atoms with Crippen molar-refractivity contribution in [3.63, 3.8) is 0 Å². The number of thiophene rings is 1. The number of fused-ring (bicyclic) bond motifs is 3. The lowest BCUT2D eigenvalue weighted by molar-refractivity contribution is -0.123. The fourth-order valence-electron chi connectivity index (χ4n) is 4.42. The minimum atomic E-state index is -0.210. The summed E-state index contributed by atoms with van der Waals surface area (Å²) in [6.45, 7) is 8.51. The molecule has 1 aliphatic rings. The molecule has 1 amide bonds. The maximum absolute atomic E-state index is 13.0. The van der Waals surface area contributed by atoms with E-state index in [1.165, 1.54) is 16.0 Å². The molecule has 0 bridgehead atoms. The maximum Gasteiger partial charge on any atom is 0.291 e. The Morgan fingerprint density at radius 1 is 1.29 bits per heavy atom. The van der Waals surface area contributed by atoms with Gasteiger partial charge in [0.25, 0.3) is 5.56 Å². The lowest BCUT2D eigenvalue weighted by atomic mass is 9.78. The first-order chi connectivity index (χ1) is 13.4. The Labute approximate surface area is 168 Å². The molecule has 0 unspecified atom stereocenters. The van der Waals surface area contributed by atoms with E-state index in [1.807, 2.05) is 17.4 Å². The number of rotatable bonds is 4. The van der Waals surface area contributed by atoms with Gasteiger partial charge < -0.3 is 5.32 Å². The zero-order chi connectivity index (χ0) is 20.0. The third-order valence-electron chi connectivity index (χ3n) is 6.22. The predicted molar refractivity (Wildman–Crippen MR) is 113 cm³/mol. The molecule has 0 aliphatic heterocycles. The molecule has 3 aromatic heterocycles. The molecule has 1 fully saturated rings. The van der Waals surface area contributed by atoms with Crippen molar-refractivity contribution in [2.45, 2.75) is 66.0 Å². The Bertz CT molecular complexity index is 1090. The molecule has 3 atom stereocenters. The number of hydrogen-bond acceptors (Lipinski definition) is 4. The average Bonchev–Trinajstić information content (AvgIpc) is 3.18. The predicted octanol–water partition coefficient (Wildman–Crippen LogP) is 3.52. The van der Waals surface area contributed by atoms with E-state index in [0.29, 0.717) is 23.8 Å². The molecule has 0 radical (unpaired) electrons. The molecule has 3 heterocycles. The molecule has 1 aliphatic carbocycles. The van der Waals surface area contributed by atoms with Gasteiger partial charge in [0.1, 0.15) is 17.9 Å². The smallest absolute Gasteiger partial charge is 0.291 e. The van der Waals surface area contributed by atoms with Crippen LogP contribution in [-0.2, 0) is 17.8 Å². The fraction of sp³-hybridized carbons (Fsp3) is 0.571. The molecule has 7 heteroatoms. The van der Waals surface area contributed by atoms with E-state index in [-0.39, 0.29) is 24.1 Å². The number of aryl methyl sites for hydroxylation is 2. The topological polar surface area (TPSA) is 68.4 Å². The van der Waals surface area contributed by atoms with E-state index in [0.717, 1.165) is 28.9 Å². The second-order valence-corrected chi connectivity index (χ2v) is 9.43. The maximum atomic E-state index is 13.0. The largest absolute Gasteiger partial charge is 0.351 e. The second kappa shape index (κ2) is 7.35. The van der Waals surface area contributed by atoms with Crippen LogP contribution in [0.2, 0.25) is 0 Å². The highest BCUT2D eigenvalue weighted by Crippen LogP contribution is 2.30. The van der Waals surface area contributed by atoms with Crippen LogP contribution in [0.25, 0.3) is 15.7 Å². The Morgan fingerprint density at radius 2 is 2.07 bits per heavy atom. The standard InChI is InChI=1S/C21H28N4O2S/c1-5-19-23-24(11-20(26)22-15-8-6-7-12(2)14(15)4)21(27)17-10-18-16(25(17)19)9-13(3)28-18/h9-10,12,14-15H,5-8,11H2,1-4H3,(H,22,26)/t12-,14+,15+/m0/s1. The highest BCUT2D eigenvalue weighted by atomic mass is 32.1. The first-order valence-corrected chi connectivity index (χ1v) is 11.0. The summed E-state index contributed by atoms with van der Waals surface area (Å²) in [5, 5.41) is 7.67. The molecular formula is C21H28N4O2S. The van der Waals surface area contributed by atoms with Gasteiger partial charge in [-0.2, -0.15) is 5.10 Å². The van der Waals surface area contributed by atoms with E-state index in [2.05, 4.69) is 37.3 Å². The third-order valence-corrected chi connectivity index (χ3v) is 7.21. The molecule has 150 valence electrons. The van der Waals surface area contributed by atoms with Gasteiger partial charge in [-0.25, -0.2) is 4.68 Å². The van der Waals surface area contributed by atoms with E-state index in [9.17, 15) is 9.59 Å². The first kappa shape index (κ1) is 19.2. The normalized spacial score (nSPS) is 22.8. The van der Waals surface area contributed by atoms with Crippen LogP contribution in [0.4, 0.5) is 0 Å². The van der Waals surface area contributed by atoms with Crippen LogP contribution < -0.4 is 10.9 Å². The van der Waals surface area contributed by atoms with Crippen LogP contribution in [0.15, 0.2) is 16.9 Å². The molecule has 28 heavy (non-hydrogen) atoms. The van der Waals surface area contributed by atoms with E-state index >= 15 is 0 Å². The van der Waals surface area contributed by atoms with Crippen LogP contribution in [0.3, 0.4) is 0 Å². The van der Waals surface area contributed by atoms with Crippen LogP contribution >= 0.6 is 11.3 Å². The van der Waals surface area contributed by atoms with Crippen LogP contribution in [0.5, 0.6) is 0 Å². The van der Waals surface area contributed by atoms with Crippen molar-refractivity contribution in [1.29, 1.82) is 0 Å². The third kappa shape index (κ3) is 3.26. The van der Waals surface area contributed by atoms with Gasteiger partial charge in [0.15, 0.2) is 0 Å². The average molecular weight is 401 g/mol. The highest BCUT2D eigenvalue weighted by molar-refractivity contribution is 7.19. The van der Waals surface area contributed by atoms with Crippen molar-refractivity contribution in [2.75, 3.05) is 0 Å². The Balaban J connectivity index is 1.64. The zero-order valence-electron chi connectivity index (χ0n) is 17.0. The van der Waals surface area contributed by atoms with Crippen molar-refractivity contribution in [2.24, 2.45) is 11.8 Å². The fourth-order valence-corrected chi connectivity index (χ4v) is 5.37. The summed E-state index contributed by atoms with van der Waals surface area (Å²) < 4.78 is 4.36. The van der Waals surface area contributed by atoms with E-state index < -0.39 is 0 Å². The summed E-state index contributed by atoms with van der Waals surface area (Å²) in [6.07, 6.45) is 4.05. The van der Waals surface area contributed by atoms with Gasteiger partial charge in [0.05, 0.1) is 10.2 Å². The van der Waals surface area contributed by atoms with E-state index in [4.69, 9.17) is 0 Å². The molecule has 3 aromatic rings. The van der Waals surface area contributed by atoms with Gasteiger partial charge in [-0.3, -0.25) is 14.0 Å². The Hall–Kier alpha value is -2.15. The number of hydrogen-bond donors (Lipinski definition) is 1. The minimum absolute atomic E-state index is 0.0300. The van der Waals surface area contributed by atoms with E-state index in [1.54, 1.807) is 11.3 Å². The van der Waals surface area contributed by atoms with Gasteiger partial charge in [0, 0.05) is 17.3 Å². The van der Waals surface area contributed by atoms with Crippen LogP contribution in [0, 0.1) is 18.8 Å². The quantitative estimate of drug-likeness (QED) is 0.728. The van der Waals surface area contributed by atoms with Crippen molar-refractivity contribution in [1.82, 2.24) is 19.5 Å². The second-order valence-electron chi connectivity index (χ2n) is 8.15. The lowest BCUT2D eigenvalue weighted by Crippen LogP contribution is -2.46. The summed E-state index contributed by atoms with van der Waals surface area (Å²) in [5.74, 6) is 1.74. The number of nitrogens with zero attached hydrogens (tertiary/aromatic N) is 3. The van der Waals surface area contributed by atoms with Gasteiger partial charge in [-0.05, 0) is 37.3 Å². The highest BCUT2D eigenvalue weighted by Gasteiger charge is 2.28. The molecular weight excluding hydrogens is 372 g/mol. The number of aromatic nitrogens is 3. The Morgan fingerprint density at radius 3 is 2.82 bits per heavy atom. The Kier molecular flexibility index (Phi) is 5.04. The molecule has 1 N–H and O–H groups in total.